The third-order valence-electron chi connectivity index (χ3n) is 6.53. The van der Waals surface area contributed by atoms with Gasteiger partial charge in [0.05, 0.1) is 12.5 Å². The standard InChI is InChI=1S/C19H22NO3/c1-11-13(12-7-4-3-5-8-12)16-17(21)19(22-2)14(11)15(19)18-20(16)9-6-10-23-18/h3-5,7-8,11,13-16H,6,9-10H2,1-2H3/q+1/t11-,13+,14-,15+,16+,19+/m0/s1. The SMILES string of the molecule is CO[C@]12C(=O)[C@H]3[C@@H](c4ccccc4)[C@H](C)[C@H]1[C@@H]2C1=[N+]3CCCO1. The number of hydrogen-bond donors (Lipinski definition) is 0. The van der Waals surface area contributed by atoms with E-state index in [1.807, 2.05) is 6.07 Å². The van der Waals surface area contributed by atoms with Gasteiger partial charge in [0.2, 0.25) is 11.8 Å². The van der Waals surface area contributed by atoms with Crippen molar-refractivity contribution in [2.45, 2.75) is 30.9 Å². The van der Waals surface area contributed by atoms with Crippen LogP contribution in [0.3, 0.4) is 0 Å². The molecule has 2 heterocycles. The van der Waals surface area contributed by atoms with Crippen LogP contribution in [0.4, 0.5) is 0 Å². The van der Waals surface area contributed by atoms with Crippen LogP contribution in [-0.4, -0.2) is 48.2 Å². The molecule has 2 aliphatic heterocycles. The number of carbonyl (C=O) groups excluding carboxylic acids is 1. The number of ketones is 1. The van der Waals surface area contributed by atoms with Crippen LogP contribution in [0.15, 0.2) is 30.3 Å². The first-order chi connectivity index (χ1) is 11.2. The van der Waals surface area contributed by atoms with Crippen molar-refractivity contribution in [1.82, 2.24) is 0 Å². The Labute approximate surface area is 136 Å². The molecule has 0 N–H and O–H groups in total. The van der Waals surface area contributed by atoms with Gasteiger partial charge in [0.15, 0.2) is 5.60 Å². The Morgan fingerprint density at radius 1 is 1.30 bits per heavy atom. The molecule has 23 heavy (non-hydrogen) atoms. The van der Waals surface area contributed by atoms with Gasteiger partial charge in [-0.3, -0.25) is 4.79 Å². The number of hydrogen-bond acceptors (Lipinski definition) is 3. The van der Waals surface area contributed by atoms with Gasteiger partial charge in [-0.2, -0.15) is 4.58 Å². The highest BCUT2D eigenvalue weighted by Gasteiger charge is 2.85. The van der Waals surface area contributed by atoms with Gasteiger partial charge in [-0.1, -0.05) is 37.3 Å². The lowest BCUT2D eigenvalue weighted by Crippen LogP contribution is -2.58. The molecule has 1 aromatic carbocycles. The van der Waals surface area contributed by atoms with E-state index in [9.17, 15) is 4.79 Å². The maximum atomic E-state index is 13.3. The van der Waals surface area contributed by atoms with Crippen LogP contribution in [0.2, 0.25) is 0 Å². The second kappa shape index (κ2) is 4.44. The van der Waals surface area contributed by atoms with Gasteiger partial charge < -0.3 is 9.47 Å². The molecule has 4 nitrogen and oxygen atoms in total. The molecule has 6 atom stereocenters. The Morgan fingerprint density at radius 3 is 2.83 bits per heavy atom. The first-order valence-electron chi connectivity index (χ1n) is 8.62. The average molecular weight is 312 g/mol. The molecular weight excluding hydrogens is 290 g/mol. The molecule has 0 aromatic heterocycles. The normalized spacial score (nSPS) is 43.7. The van der Waals surface area contributed by atoms with Crippen molar-refractivity contribution in [3.8, 4) is 0 Å². The molecule has 0 spiro atoms. The lowest BCUT2D eigenvalue weighted by molar-refractivity contribution is -0.577. The molecule has 2 saturated carbocycles. The Hall–Kier alpha value is -1.68. The second-order valence-electron chi connectivity index (χ2n) is 7.34. The minimum atomic E-state index is -0.613. The van der Waals surface area contributed by atoms with Crippen LogP contribution >= 0.6 is 0 Å². The van der Waals surface area contributed by atoms with Crippen LogP contribution in [0.5, 0.6) is 0 Å². The minimum Gasteiger partial charge on any atom is -0.447 e. The van der Waals surface area contributed by atoms with E-state index in [-0.39, 0.29) is 29.6 Å². The molecular formula is C19H22NO3+. The lowest BCUT2D eigenvalue weighted by atomic mass is 9.71. The molecule has 5 rings (SSSR count). The third kappa shape index (κ3) is 1.46. The van der Waals surface area contributed by atoms with Gasteiger partial charge in [0, 0.05) is 19.4 Å². The summed E-state index contributed by atoms with van der Waals surface area (Å²) in [5, 5.41) is 0. The summed E-state index contributed by atoms with van der Waals surface area (Å²) in [6.07, 6.45) is 0.987. The molecule has 4 aliphatic rings. The summed E-state index contributed by atoms with van der Waals surface area (Å²) in [5.41, 5.74) is 0.652. The fourth-order valence-corrected chi connectivity index (χ4v) is 5.65. The number of fused-ring (bicyclic) bond motifs is 4. The van der Waals surface area contributed by atoms with E-state index >= 15 is 0 Å². The van der Waals surface area contributed by atoms with Gasteiger partial charge in [-0.25, -0.2) is 0 Å². The second-order valence-corrected chi connectivity index (χ2v) is 7.34. The maximum Gasteiger partial charge on any atom is 0.344 e. The zero-order chi connectivity index (χ0) is 15.8. The van der Waals surface area contributed by atoms with E-state index in [4.69, 9.17) is 9.47 Å². The van der Waals surface area contributed by atoms with Gasteiger partial charge in [-0.05, 0) is 11.5 Å². The Bertz CT molecular complexity index is 713. The fourth-order valence-electron chi connectivity index (χ4n) is 5.65. The lowest BCUT2D eigenvalue weighted by Gasteiger charge is -2.38. The first kappa shape index (κ1) is 13.7. The van der Waals surface area contributed by atoms with Crippen LogP contribution in [0.1, 0.15) is 24.8 Å². The first-order valence-corrected chi connectivity index (χ1v) is 8.62. The highest BCUT2D eigenvalue weighted by Crippen LogP contribution is 2.67. The van der Waals surface area contributed by atoms with E-state index < -0.39 is 5.60 Å². The highest BCUT2D eigenvalue weighted by atomic mass is 16.5. The summed E-state index contributed by atoms with van der Waals surface area (Å²) in [7, 11) is 1.69. The number of nitrogens with zero attached hydrogens (tertiary/aromatic N) is 1. The zero-order valence-corrected chi connectivity index (χ0v) is 13.6. The van der Waals surface area contributed by atoms with E-state index in [1.54, 1.807) is 7.11 Å². The molecule has 0 radical (unpaired) electrons. The summed E-state index contributed by atoms with van der Waals surface area (Å²) >= 11 is 0. The maximum absolute atomic E-state index is 13.3. The van der Waals surface area contributed by atoms with Gasteiger partial charge in [-0.15, -0.1) is 0 Å². The molecule has 120 valence electrons. The van der Waals surface area contributed by atoms with Crippen LogP contribution in [-0.2, 0) is 14.3 Å². The molecule has 4 heteroatoms. The number of carbonyl (C=O) groups is 1. The van der Waals surface area contributed by atoms with E-state index in [1.165, 1.54) is 5.56 Å². The summed E-state index contributed by atoms with van der Waals surface area (Å²) in [5.74, 6) is 2.31. The number of rotatable bonds is 2. The number of Topliss-reactive ketones (excluding diaryl/α,β-unsaturated/α-hetero) is 1. The van der Waals surface area contributed by atoms with Gasteiger partial charge in [0.25, 0.3) is 0 Å². The Morgan fingerprint density at radius 2 is 2.09 bits per heavy atom. The van der Waals surface area contributed by atoms with Crippen molar-refractivity contribution in [2.75, 3.05) is 20.3 Å². The summed E-state index contributed by atoms with van der Waals surface area (Å²) in [6.45, 7) is 3.97. The Kier molecular flexibility index (Phi) is 2.65. The van der Waals surface area contributed by atoms with Crippen LogP contribution < -0.4 is 0 Å². The van der Waals surface area contributed by atoms with Crippen molar-refractivity contribution in [3.05, 3.63) is 35.9 Å². The van der Waals surface area contributed by atoms with Crippen LogP contribution in [0.25, 0.3) is 0 Å². The third-order valence-corrected chi connectivity index (χ3v) is 6.53. The Balaban J connectivity index is 1.70. The van der Waals surface area contributed by atoms with Crippen molar-refractivity contribution in [1.29, 1.82) is 0 Å². The summed E-state index contributed by atoms with van der Waals surface area (Å²) < 4.78 is 14.1. The number of benzene rings is 1. The molecule has 2 aliphatic carbocycles. The topological polar surface area (TPSA) is 38.5 Å². The average Bonchev–Trinajstić information content (AvgIpc) is 3.31. The molecule has 2 bridgehead atoms. The summed E-state index contributed by atoms with van der Waals surface area (Å²) in [4.78, 5) is 13.3. The highest BCUT2D eigenvalue weighted by molar-refractivity contribution is 6.06. The number of ether oxygens (including phenoxy) is 2. The largest absolute Gasteiger partial charge is 0.447 e. The van der Waals surface area contributed by atoms with E-state index in [0.29, 0.717) is 5.92 Å². The summed E-state index contributed by atoms with van der Waals surface area (Å²) in [6, 6.07) is 10.4. The van der Waals surface area contributed by atoms with Crippen molar-refractivity contribution < 1.29 is 18.8 Å². The van der Waals surface area contributed by atoms with Gasteiger partial charge >= 0.3 is 5.90 Å². The monoisotopic (exact) mass is 312 g/mol. The van der Waals surface area contributed by atoms with Crippen molar-refractivity contribution in [3.63, 3.8) is 0 Å². The zero-order valence-electron chi connectivity index (χ0n) is 13.6. The quantitative estimate of drug-likeness (QED) is 0.782. The molecule has 2 fully saturated rings. The smallest absolute Gasteiger partial charge is 0.344 e. The molecule has 0 amide bonds. The fraction of sp³-hybridized carbons (Fsp3) is 0.579. The van der Waals surface area contributed by atoms with Crippen LogP contribution in [0, 0.1) is 17.8 Å². The molecule has 0 unspecified atom stereocenters. The van der Waals surface area contributed by atoms with E-state index in [2.05, 4.69) is 35.8 Å². The number of methoxy groups -OCH3 is 1. The molecule has 0 saturated heterocycles. The predicted molar refractivity (Wildman–Crippen MR) is 84.6 cm³/mol. The van der Waals surface area contributed by atoms with Crippen molar-refractivity contribution in [2.24, 2.45) is 17.8 Å². The van der Waals surface area contributed by atoms with Gasteiger partial charge in [0.1, 0.15) is 12.5 Å². The molecule has 1 aromatic rings. The predicted octanol–water partition coefficient (Wildman–Crippen LogP) is 1.83. The van der Waals surface area contributed by atoms with E-state index in [0.717, 1.165) is 25.5 Å². The minimum absolute atomic E-state index is 0.125. The van der Waals surface area contributed by atoms with Crippen molar-refractivity contribution >= 4 is 11.7 Å².